The van der Waals surface area contributed by atoms with Crippen molar-refractivity contribution >= 4 is 218 Å². The first kappa shape index (κ1) is 132. The summed E-state index contributed by atoms with van der Waals surface area (Å²) in [6, 6.07) is 55.3. The van der Waals surface area contributed by atoms with E-state index in [-0.39, 0.29) is 38.7 Å². The van der Waals surface area contributed by atoms with Crippen molar-refractivity contribution < 1.29 is 137 Å². The molecule has 0 aliphatic rings. The third-order valence-corrected chi connectivity index (χ3v) is 22.4. The number of ether oxygens (including phenoxy) is 5. The Morgan fingerprint density at radius 1 is 0.189 bits per heavy atom. The van der Waals surface area contributed by atoms with Crippen molar-refractivity contribution in [1.82, 2.24) is 0 Å². The fourth-order valence-electron chi connectivity index (χ4n) is 11.3. The number of hydrogen-bond acceptors (Lipinski definition) is 17. The van der Waals surface area contributed by atoms with Crippen LogP contribution in [0.15, 0.2) is 218 Å². The van der Waals surface area contributed by atoms with E-state index in [0.29, 0.717) is 60.6 Å². The topological polar surface area (TPSA) is 289 Å². The summed E-state index contributed by atoms with van der Waals surface area (Å²) >= 11 is 33.5. The van der Waals surface area contributed by atoms with Crippen LogP contribution < -0.4 is 89.2 Å². The summed E-state index contributed by atoms with van der Waals surface area (Å²) in [5, 5.41) is 111. The first-order chi connectivity index (χ1) is 66.4. The maximum atomic E-state index is 12.8. The van der Waals surface area contributed by atoms with Crippen LogP contribution in [-0.4, -0.2) is 179 Å². The molecule has 0 radical (unpaired) electrons. The Bertz CT molecular complexity index is 5320. The molecule has 12 aromatic rings. The van der Waals surface area contributed by atoms with E-state index in [0.717, 1.165) is 91.3 Å². The highest BCUT2D eigenvalue weighted by Crippen LogP contribution is 2.35. The molecule has 762 valence electrons. The zero-order chi connectivity index (χ0) is 110. The lowest BCUT2D eigenvalue weighted by Gasteiger charge is -2.10. The minimum absolute atomic E-state index is 0.0405. The van der Waals surface area contributed by atoms with Crippen LogP contribution in [0.4, 0.5) is 52.7 Å². The summed E-state index contributed by atoms with van der Waals surface area (Å²) < 4.78 is 174. The molecule has 0 aliphatic heterocycles. The van der Waals surface area contributed by atoms with Crippen LogP contribution >= 0.6 is 69.6 Å². The quantitative estimate of drug-likeness (QED) is 0.0298. The second-order valence-electron chi connectivity index (χ2n) is 32.1. The standard InChI is InChI=1S/C9H13BO3.2C9H13BO2.C9H13BO.C8H7BClF3O.C8H10BClO.C8H7BF4O.C8H10BFO2.C7H7BCl2O.2C7H7BClFO.C7H7BF2O/c1-10(11)7-4-5-8(12-2)9(6-7)13-3;1-7-6-8(10(2)11)4-5-9(7)12-3;1-7-4-5-8(10(2)11)6-9(7)12-3;1-7-4-5-9(10(3)11)6-8(7)2;1-9(14)5-2-3-7(10)6(4-5)8(11,12)13;1-6-3-4-7(9(2)11)5-8(6)10;1-9(14)5-2-3-7(10)6(4-5)8(11,12)13;1-9(11)6-3-4-7(10)8(5-6)12-2;1-8(11)5-2-3-6(9)7(10)4-5;1-8(11)5-2-3-7(10)6(9)4-5;2*1-8(11)5-2-3-6(9)7(10)4-5/h4-6,11H,1-3H3;2*4-6,11H,1-3H3;4-6,11H,1-3H3;2-4,14H,1H3;3-5,11H,1-2H3;2-4,14H,1H3;3-5,11H,1-2H3;4*2-4,11H,1H3. The third kappa shape index (κ3) is 48.4. The Balaban J connectivity index is 0.000000781. The molecule has 47 heteroatoms. The molecular formula is C96H114B12Cl6F12O17. The maximum Gasteiger partial charge on any atom is 0.419 e. The molecule has 17 nitrogen and oxygen atoms in total. The van der Waals surface area contributed by atoms with E-state index in [1.54, 1.807) is 132 Å². The summed E-state index contributed by atoms with van der Waals surface area (Å²) in [5.41, 5.74) is 11.1. The predicted octanol–water partition coefficient (Wildman–Crippen LogP) is 14.5. The van der Waals surface area contributed by atoms with E-state index in [1.807, 2.05) is 93.6 Å². The number of alkyl halides is 6. The lowest BCUT2D eigenvalue weighted by molar-refractivity contribution is -0.140. The minimum Gasteiger partial charge on any atom is -0.497 e. The summed E-state index contributed by atoms with van der Waals surface area (Å²) in [4.78, 5) is 0. The largest absolute Gasteiger partial charge is 0.497 e. The molecule has 12 rings (SSSR count). The molecule has 0 heterocycles. The van der Waals surface area contributed by atoms with Gasteiger partial charge in [-0.2, -0.15) is 26.3 Å². The van der Waals surface area contributed by atoms with Crippen molar-refractivity contribution in [2.45, 2.75) is 129 Å². The van der Waals surface area contributed by atoms with Crippen molar-refractivity contribution in [3.63, 3.8) is 0 Å². The fourth-order valence-corrected chi connectivity index (χ4v) is 12.4. The van der Waals surface area contributed by atoms with E-state index in [9.17, 15) is 77.8 Å². The van der Waals surface area contributed by atoms with Gasteiger partial charge in [-0.25, -0.2) is 26.3 Å². The number of benzene rings is 12. The van der Waals surface area contributed by atoms with Gasteiger partial charge in [-0.3, -0.25) is 0 Å². The minimum atomic E-state index is -4.73. The Morgan fingerprint density at radius 3 is 0.804 bits per heavy atom. The SMILES string of the molecule is CB(O)c1ccc(C)c(C)c1.CB(O)c1ccc(C)c(Cl)c1.CB(O)c1ccc(Cl)c(C(F)(F)F)c1.CB(O)c1ccc(Cl)c(Cl)c1.CB(O)c1ccc(Cl)c(F)c1.CB(O)c1ccc(F)c(C(F)(F)F)c1.CB(O)c1ccc(F)c(Cl)c1.CB(O)c1ccc(F)c(F)c1.COc1cc(B(C)O)ccc1C.COc1cc(B(C)O)ccc1F.COc1ccc(B(C)O)cc1C.COc1ccc(B(C)O)cc1OC. The van der Waals surface area contributed by atoms with Crippen LogP contribution in [0.2, 0.25) is 112 Å². The first-order valence-electron chi connectivity index (χ1n) is 43.8. The summed E-state index contributed by atoms with van der Waals surface area (Å²) in [7, 11) is 7.83. The van der Waals surface area contributed by atoms with E-state index < -0.39 is 134 Å². The number of methoxy groups -OCH3 is 5. The lowest BCUT2D eigenvalue weighted by Crippen LogP contribution is -2.28. The number of hydrogen-bond donors (Lipinski definition) is 12. The van der Waals surface area contributed by atoms with Gasteiger partial charge < -0.3 is 84.0 Å². The lowest BCUT2D eigenvalue weighted by atomic mass is 9.64. The molecular weight excluding hydrogens is 2000 g/mol. The van der Waals surface area contributed by atoms with Crippen LogP contribution in [0.5, 0.6) is 28.7 Å². The van der Waals surface area contributed by atoms with Gasteiger partial charge in [0, 0.05) is 5.02 Å². The van der Waals surface area contributed by atoms with E-state index in [2.05, 4.69) is 13.8 Å². The molecule has 0 fully saturated rings. The molecule has 0 unspecified atom stereocenters. The van der Waals surface area contributed by atoms with Gasteiger partial charge in [-0.15, -0.1) is 0 Å². The van der Waals surface area contributed by atoms with Gasteiger partial charge in [-0.05, 0) is 237 Å². The van der Waals surface area contributed by atoms with Crippen LogP contribution in [-0.2, 0) is 12.4 Å². The zero-order valence-corrected chi connectivity index (χ0v) is 87.5. The van der Waals surface area contributed by atoms with E-state index in [4.69, 9.17) is 128 Å². The van der Waals surface area contributed by atoms with Crippen LogP contribution in [0.3, 0.4) is 0 Å². The summed E-state index contributed by atoms with van der Waals surface area (Å²) in [5.74, 6) is -1.36. The number of aryl methyl sites for hydroxylation is 5. The molecule has 0 spiro atoms. The van der Waals surface area contributed by atoms with E-state index >= 15 is 0 Å². The smallest absolute Gasteiger partial charge is 0.419 e. The second kappa shape index (κ2) is 65.4. The van der Waals surface area contributed by atoms with Crippen LogP contribution in [0, 0.1) is 69.5 Å². The van der Waals surface area contributed by atoms with Gasteiger partial charge >= 0.3 is 95.3 Å². The molecule has 12 aromatic carbocycles. The van der Waals surface area contributed by atoms with Gasteiger partial charge in [0.2, 0.25) is 0 Å². The highest BCUT2D eigenvalue weighted by atomic mass is 35.5. The molecule has 0 bridgehead atoms. The van der Waals surface area contributed by atoms with Crippen molar-refractivity contribution in [3.8, 4) is 28.7 Å². The maximum absolute atomic E-state index is 12.8. The zero-order valence-electron chi connectivity index (χ0n) is 82.9. The van der Waals surface area contributed by atoms with Crippen molar-refractivity contribution in [1.29, 1.82) is 0 Å². The van der Waals surface area contributed by atoms with Gasteiger partial charge in [0.15, 0.2) is 34.7 Å². The number of halogens is 18. The third-order valence-electron chi connectivity index (χ3n) is 20.3. The fraction of sp³-hybridized carbons (Fsp3) is 0.250. The monoisotopic (exact) mass is 2110 g/mol. The van der Waals surface area contributed by atoms with Crippen molar-refractivity contribution in [2.75, 3.05) is 35.5 Å². The Hall–Kier alpha value is -9.16. The molecule has 0 atom stereocenters. The molecule has 0 aliphatic carbocycles. The summed E-state index contributed by atoms with van der Waals surface area (Å²) in [6.07, 6.45) is -9.21. The first-order valence-corrected chi connectivity index (χ1v) is 46.1. The predicted molar refractivity (Wildman–Crippen MR) is 575 cm³/mol. The van der Waals surface area contributed by atoms with Crippen molar-refractivity contribution in [3.05, 3.63) is 322 Å². The molecule has 0 aromatic heterocycles. The van der Waals surface area contributed by atoms with Crippen LogP contribution in [0.25, 0.3) is 0 Å². The van der Waals surface area contributed by atoms with Crippen LogP contribution in [0.1, 0.15) is 38.9 Å². The van der Waals surface area contributed by atoms with Crippen molar-refractivity contribution in [2.24, 2.45) is 0 Å². The average Bonchev–Trinajstić information content (AvgIpc) is 0.820. The van der Waals surface area contributed by atoms with E-state index in [1.165, 1.54) is 99.4 Å². The number of rotatable bonds is 17. The Kier molecular flexibility index (Phi) is 60.3. The molecule has 0 saturated carbocycles. The second-order valence-corrected chi connectivity index (χ2v) is 34.5. The molecule has 143 heavy (non-hydrogen) atoms. The van der Waals surface area contributed by atoms with Gasteiger partial charge in [0.05, 0.1) is 71.8 Å². The van der Waals surface area contributed by atoms with Gasteiger partial charge in [0.25, 0.3) is 0 Å². The Morgan fingerprint density at radius 2 is 0.455 bits per heavy atom. The normalized spacial score (nSPS) is 10.1. The van der Waals surface area contributed by atoms with Gasteiger partial charge in [-0.1, -0.05) is 261 Å². The highest BCUT2D eigenvalue weighted by molar-refractivity contribution is 6.69. The molecule has 0 amide bonds. The Labute approximate surface area is 864 Å². The highest BCUT2D eigenvalue weighted by Gasteiger charge is 2.36. The summed E-state index contributed by atoms with van der Waals surface area (Å²) in [6.45, 7) is 22.2. The molecule has 12 N–H and O–H groups in total. The molecule has 0 saturated heterocycles. The average molecular weight is 2110 g/mol. The van der Waals surface area contributed by atoms with Gasteiger partial charge in [0.1, 0.15) is 29.0 Å².